The highest BCUT2D eigenvalue weighted by molar-refractivity contribution is 6.03. The van der Waals surface area contributed by atoms with Crippen LogP contribution in [0.4, 0.5) is 0 Å². The molecule has 0 radical (unpaired) electrons. The molecule has 0 unspecified atom stereocenters. The van der Waals surface area contributed by atoms with Gasteiger partial charge in [0.05, 0.1) is 6.54 Å². The fourth-order valence-electron chi connectivity index (χ4n) is 2.18. The zero-order chi connectivity index (χ0) is 15.4. The maximum Gasteiger partial charge on any atom is 0.137 e. The van der Waals surface area contributed by atoms with Gasteiger partial charge < -0.3 is 4.84 Å². The Bertz CT molecular complexity index is 778. The third kappa shape index (κ3) is 3.31. The fourth-order valence-corrected chi connectivity index (χ4v) is 2.18. The second kappa shape index (κ2) is 6.39. The van der Waals surface area contributed by atoms with Gasteiger partial charge in [-0.2, -0.15) is 5.10 Å². The molecular weight excluding hydrogens is 276 g/mol. The number of aromatic nitrogens is 3. The molecule has 0 N–H and O–H groups in total. The van der Waals surface area contributed by atoms with Gasteiger partial charge in [0.1, 0.15) is 24.5 Å². The van der Waals surface area contributed by atoms with E-state index in [4.69, 9.17) is 4.84 Å². The summed E-state index contributed by atoms with van der Waals surface area (Å²) < 4.78 is 1.73. The minimum absolute atomic E-state index is 0.0335. The van der Waals surface area contributed by atoms with Crippen molar-refractivity contribution in [2.75, 3.05) is 0 Å². The molecule has 112 valence electrons. The largest absolute Gasteiger partial charge is 0.393 e. The van der Waals surface area contributed by atoms with Crippen molar-refractivity contribution < 1.29 is 4.84 Å². The second-order valence-corrected chi connectivity index (χ2v) is 5.35. The maximum absolute atomic E-state index is 5.45. The number of hydrogen-bond acceptors (Lipinski definition) is 4. The first kappa shape index (κ1) is 14.3. The molecule has 5 heteroatoms. The van der Waals surface area contributed by atoms with Crippen molar-refractivity contribution in [3.8, 4) is 0 Å². The smallest absolute Gasteiger partial charge is 0.137 e. The monoisotopic (exact) mass is 294 g/mol. The first-order chi connectivity index (χ1) is 10.7. The molecule has 0 aliphatic carbocycles. The summed E-state index contributed by atoms with van der Waals surface area (Å²) in [6, 6.07) is 14.5. The number of hydrogen-bond donors (Lipinski definition) is 0. The highest BCUT2D eigenvalue weighted by Crippen LogP contribution is 2.17. The third-order valence-corrected chi connectivity index (χ3v) is 3.23. The van der Waals surface area contributed by atoms with E-state index in [0.29, 0.717) is 6.54 Å². The van der Waals surface area contributed by atoms with E-state index in [9.17, 15) is 0 Å². The van der Waals surface area contributed by atoms with Crippen LogP contribution in [0.2, 0.25) is 0 Å². The molecule has 0 amide bonds. The second-order valence-electron chi connectivity index (χ2n) is 5.35. The predicted octanol–water partition coefficient (Wildman–Crippen LogP) is 3.26. The Morgan fingerprint density at radius 1 is 1.18 bits per heavy atom. The number of fused-ring (bicyclic) bond motifs is 1. The molecule has 0 spiro atoms. The SMILES string of the molecule is CC(C)O/N=C(\Cn1cncn1)c1ccc2ccccc2c1. The number of benzene rings is 2. The molecule has 0 aliphatic rings. The lowest BCUT2D eigenvalue weighted by atomic mass is 10.0. The Morgan fingerprint density at radius 2 is 2.00 bits per heavy atom. The standard InChI is InChI=1S/C17H18N4O/c1-13(2)22-20-17(10-21-12-18-11-19-21)16-8-7-14-5-3-4-6-15(14)9-16/h3-9,11-13H,10H2,1-2H3/b20-17+. The van der Waals surface area contributed by atoms with Crippen molar-refractivity contribution in [2.45, 2.75) is 26.5 Å². The van der Waals surface area contributed by atoms with Crippen LogP contribution in [0.25, 0.3) is 10.8 Å². The summed E-state index contributed by atoms with van der Waals surface area (Å²) in [4.78, 5) is 9.42. The molecule has 1 heterocycles. The first-order valence-electron chi connectivity index (χ1n) is 7.26. The maximum atomic E-state index is 5.45. The third-order valence-electron chi connectivity index (χ3n) is 3.23. The van der Waals surface area contributed by atoms with Gasteiger partial charge in [-0.3, -0.25) is 0 Å². The summed E-state index contributed by atoms with van der Waals surface area (Å²) >= 11 is 0. The predicted molar refractivity (Wildman–Crippen MR) is 86.7 cm³/mol. The topological polar surface area (TPSA) is 52.3 Å². The molecular formula is C17H18N4O. The van der Waals surface area contributed by atoms with Gasteiger partial charge in [-0.25, -0.2) is 9.67 Å². The van der Waals surface area contributed by atoms with Crippen molar-refractivity contribution in [1.82, 2.24) is 14.8 Å². The normalized spacial score (nSPS) is 12.0. The van der Waals surface area contributed by atoms with Gasteiger partial charge in [0, 0.05) is 5.56 Å². The van der Waals surface area contributed by atoms with Crippen molar-refractivity contribution >= 4 is 16.5 Å². The molecule has 22 heavy (non-hydrogen) atoms. The van der Waals surface area contributed by atoms with Crippen LogP contribution in [0.3, 0.4) is 0 Å². The van der Waals surface area contributed by atoms with Crippen molar-refractivity contribution in [3.05, 3.63) is 60.7 Å². The van der Waals surface area contributed by atoms with E-state index in [0.717, 1.165) is 11.3 Å². The zero-order valence-electron chi connectivity index (χ0n) is 12.7. The Balaban J connectivity index is 1.97. The molecule has 1 aromatic heterocycles. The van der Waals surface area contributed by atoms with Gasteiger partial charge in [0.15, 0.2) is 0 Å². The van der Waals surface area contributed by atoms with Crippen LogP contribution in [-0.2, 0) is 11.4 Å². The Kier molecular flexibility index (Phi) is 4.14. The highest BCUT2D eigenvalue weighted by atomic mass is 16.6. The van der Waals surface area contributed by atoms with Gasteiger partial charge in [-0.05, 0) is 30.7 Å². The lowest BCUT2D eigenvalue weighted by Gasteiger charge is -2.10. The van der Waals surface area contributed by atoms with E-state index in [-0.39, 0.29) is 6.10 Å². The Labute approximate surface area is 129 Å². The van der Waals surface area contributed by atoms with Gasteiger partial charge in [0.25, 0.3) is 0 Å². The summed E-state index contributed by atoms with van der Waals surface area (Å²) in [5, 5.41) is 10.8. The molecule has 2 aromatic carbocycles. The first-order valence-corrected chi connectivity index (χ1v) is 7.26. The summed E-state index contributed by atoms with van der Waals surface area (Å²) in [6.45, 7) is 4.43. The Hall–Kier alpha value is -2.69. The molecule has 3 rings (SSSR count). The summed E-state index contributed by atoms with van der Waals surface area (Å²) in [6.07, 6.45) is 3.22. The number of rotatable bonds is 5. The van der Waals surface area contributed by atoms with Crippen molar-refractivity contribution in [1.29, 1.82) is 0 Å². The van der Waals surface area contributed by atoms with Crippen molar-refractivity contribution in [2.24, 2.45) is 5.16 Å². The van der Waals surface area contributed by atoms with Crippen LogP contribution in [0.15, 0.2) is 60.3 Å². The molecule has 0 aliphatic heterocycles. The van der Waals surface area contributed by atoms with Gasteiger partial charge in [-0.15, -0.1) is 0 Å². The van der Waals surface area contributed by atoms with Crippen LogP contribution in [0, 0.1) is 0 Å². The number of oxime groups is 1. The van der Waals surface area contributed by atoms with E-state index in [2.05, 4.69) is 45.6 Å². The quantitative estimate of drug-likeness (QED) is 0.536. The van der Waals surface area contributed by atoms with Crippen LogP contribution in [0.5, 0.6) is 0 Å². The summed E-state index contributed by atoms with van der Waals surface area (Å²) in [5.41, 5.74) is 1.85. The van der Waals surface area contributed by atoms with E-state index >= 15 is 0 Å². The molecule has 0 saturated heterocycles. The van der Waals surface area contributed by atoms with E-state index < -0.39 is 0 Å². The average molecular weight is 294 g/mol. The Morgan fingerprint density at radius 3 is 2.73 bits per heavy atom. The zero-order valence-corrected chi connectivity index (χ0v) is 12.7. The molecule has 0 fully saturated rings. The average Bonchev–Trinajstić information content (AvgIpc) is 3.04. The van der Waals surface area contributed by atoms with Gasteiger partial charge in [-0.1, -0.05) is 41.6 Å². The summed E-state index contributed by atoms with van der Waals surface area (Å²) in [5.74, 6) is 0. The molecule has 3 aromatic rings. The summed E-state index contributed by atoms with van der Waals surface area (Å²) in [7, 11) is 0. The lowest BCUT2D eigenvalue weighted by molar-refractivity contribution is 0.0854. The lowest BCUT2D eigenvalue weighted by Crippen LogP contribution is -2.14. The van der Waals surface area contributed by atoms with Gasteiger partial charge >= 0.3 is 0 Å². The molecule has 0 saturated carbocycles. The van der Waals surface area contributed by atoms with Gasteiger partial charge in [0.2, 0.25) is 0 Å². The van der Waals surface area contributed by atoms with E-state index in [1.807, 2.05) is 26.0 Å². The van der Waals surface area contributed by atoms with Crippen LogP contribution in [0.1, 0.15) is 19.4 Å². The van der Waals surface area contributed by atoms with Crippen LogP contribution < -0.4 is 0 Å². The minimum atomic E-state index is 0.0335. The minimum Gasteiger partial charge on any atom is -0.393 e. The van der Waals surface area contributed by atoms with Crippen LogP contribution in [-0.4, -0.2) is 26.6 Å². The molecule has 0 bridgehead atoms. The van der Waals surface area contributed by atoms with Crippen LogP contribution >= 0.6 is 0 Å². The van der Waals surface area contributed by atoms with E-state index in [1.165, 1.54) is 17.1 Å². The molecule has 5 nitrogen and oxygen atoms in total. The highest BCUT2D eigenvalue weighted by Gasteiger charge is 2.08. The number of nitrogens with zero attached hydrogens (tertiary/aromatic N) is 4. The van der Waals surface area contributed by atoms with E-state index in [1.54, 1.807) is 11.0 Å². The fraction of sp³-hybridized carbons (Fsp3) is 0.235. The van der Waals surface area contributed by atoms with Crippen molar-refractivity contribution in [3.63, 3.8) is 0 Å². The molecule has 0 atom stereocenters.